The highest BCUT2D eigenvalue weighted by atomic mass is 16.3. The van der Waals surface area contributed by atoms with Crippen LogP contribution >= 0.6 is 0 Å². The van der Waals surface area contributed by atoms with E-state index in [-0.39, 0.29) is 0 Å². The van der Waals surface area contributed by atoms with Crippen LogP contribution in [0.5, 0.6) is 0 Å². The van der Waals surface area contributed by atoms with Crippen LogP contribution in [-0.2, 0) is 0 Å². The van der Waals surface area contributed by atoms with E-state index >= 15 is 0 Å². The van der Waals surface area contributed by atoms with Gasteiger partial charge in [0.1, 0.15) is 0 Å². The molecule has 0 aliphatic carbocycles. The second kappa shape index (κ2) is 3.11. The molecule has 2 saturated heterocycles. The van der Waals surface area contributed by atoms with E-state index in [1.165, 1.54) is 32.2 Å². The first-order valence-corrected chi connectivity index (χ1v) is 4.75. The van der Waals surface area contributed by atoms with E-state index in [1.807, 2.05) is 0 Å². The van der Waals surface area contributed by atoms with Gasteiger partial charge in [-0.25, -0.2) is 0 Å². The molecule has 0 aromatic carbocycles. The Bertz CT molecular complexity index is 138. The number of hydrogen-bond donors (Lipinski definition) is 1. The minimum absolute atomic E-state index is 0.392. The van der Waals surface area contributed by atoms with E-state index in [9.17, 15) is 0 Å². The fraction of sp³-hybridized carbons (Fsp3) is 1.00. The molecule has 0 aromatic rings. The average Bonchev–Trinajstić information content (AvgIpc) is 2.50. The third-order valence-corrected chi connectivity index (χ3v) is 3.16. The SMILES string of the molecule is OC[C@H]1CC[C@@H]2CCCN2C1. The first kappa shape index (κ1) is 7.56. The lowest BCUT2D eigenvalue weighted by molar-refractivity contribution is 0.102. The Morgan fingerprint density at radius 2 is 2.18 bits per heavy atom. The maximum Gasteiger partial charge on any atom is 0.0471 e. The molecule has 0 amide bonds. The Morgan fingerprint density at radius 3 is 3.00 bits per heavy atom. The highest BCUT2D eigenvalue weighted by Crippen LogP contribution is 2.29. The van der Waals surface area contributed by atoms with Crippen molar-refractivity contribution in [2.75, 3.05) is 19.7 Å². The molecular formula is C9H17NO. The minimum Gasteiger partial charge on any atom is -0.396 e. The van der Waals surface area contributed by atoms with Crippen LogP contribution in [0.2, 0.25) is 0 Å². The fourth-order valence-corrected chi connectivity index (χ4v) is 2.46. The molecule has 2 heterocycles. The molecule has 0 spiro atoms. The summed E-state index contributed by atoms with van der Waals surface area (Å²) in [6, 6.07) is 0.873. The second-order valence-corrected chi connectivity index (χ2v) is 3.92. The number of rotatable bonds is 1. The van der Waals surface area contributed by atoms with Gasteiger partial charge in [0, 0.05) is 19.2 Å². The quantitative estimate of drug-likeness (QED) is 0.607. The Morgan fingerprint density at radius 1 is 1.27 bits per heavy atom. The maximum atomic E-state index is 8.98. The number of hydrogen-bond acceptors (Lipinski definition) is 2. The largest absolute Gasteiger partial charge is 0.396 e. The van der Waals surface area contributed by atoms with E-state index in [4.69, 9.17) is 5.11 Å². The predicted octanol–water partition coefficient (Wildman–Crippen LogP) is 0.853. The molecule has 2 aliphatic heterocycles. The molecule has 0 radical (unpaired) electrons. The van der Waals surface area contributed by atoms with E-state index in [0.717, 1.165) is 12.6 Å². The first-order chi connectivity index (χ1) is 5.40. The van der Waals surface area contributed by atoms with Gasteiger partial charge in [0.05, 0.1) is 0 Å². The number of nitrogens with zero attached hydrogens (tertiary/aromatic N) is 1. The van der Waals surface area contributed by atoms with Crippen molar-refractivity contribution in [3.05, 3.63) is 0 Å². The molecule has 1 N–H and O–H groups in total. The molecule has 0 aromatic heterocycles. The monoisotopic (exact) mass is 155 g/mol. The zero-order valence-corrected chi connectivity index (χ0v) is 7.00. The standard InChI is InChI=1S/C9H17NO/c11-7-8-3-4-9-2-1-5-10(9)6-8/h8-9,11H,1-7H2/t8-,9-/m0/s1. The molecule has 2 heteroatoms. The summed E-state index contributed by atoms with van der Waals surface area (Å²) in [6.45, 7) is 2.82. The van der Waals surface area contributed by atoms with Crippen LogP contribution in [0.25, 0.3) is 0 Å². The molecule has 64 valence electrons. The average molecular weight is 155 g/mol. The summed E-state index contributed by atoms with van der Waals surface area (Å²) in [7, 11) is 0. The highest BCUT2D eigenvalue weighted by Gasteiger charge is 2.30. The van der Waals surface area contributed by atoms with Gasteiger partial charge in [-0.05, 0) is 38.1 Å². The van der Waals surface area contributed by atoms with Crippen molar-refractivity contribution < 1.29 is 5.11 Å². The second-order valence-electron chi connectivity index (χ2n) is 3.92. The van der Waals surface area contributed by atoms with E-state index in [2.05, 4.69) is 4.90 Å². The zero-order valence-electron chi connectivity index (χ0n) is 7.00. The van der Waals surface area contributed by atoms with Gasteiger partial charge < -0.3 is 10.0 Å². The molecule has 2 aliphatic rings. The van der Waals surface area contributed by atoms with Crippen LogP contribution in [0.3, 0.4) is 0 Å². The van der Waals surface area contributed by atoms with E-state index < -0.39 is 0 Å². The smallest absolute Gasteiger partial charge is 0.0471 e. The maximum absolute atomic E-state index is 8.98. The van der Waals surface area contributed by atoms with Crippen molar-refractivity contribution in [2.24, 2.45) is 5.92 Å². The summed E-state index contributed by atoms with van der Waals surface area (Å²) < 4.78 is 0. The number of piperidine rings is 1. The van der Waals surface area contributed by atoms with E-state index in [0.29, 0.717) is 12.5 Å². The van der Waals surface area contributed by atoms with Crippen molar-refractivity contribution in [2.45, 2.75) is 31.7 Å². The molecule has 11 heavy (non-hydrogen) atoms. The van der Waals surface area contributed by atoms with Gasteiger partial charge in [-0.2, -0.15) is 0 Å². The molecule has 2 fully saturated rings. The van der Waals surface area contributed by atoms with Gasteiger partial charge in [-0.15, -0.1) is 0 Å². The first-order valence-electron chi connectivity index (χ1n) is 4.75. The summed E-state index contributed by atoms with van der Waals surface area (Å²) in [5.41, 5.74) is 0. The zero-order chi connectivity index (χ0) is 7.68. The van der Waals surface area contributed by atoms with Crippen molar-refractivity contribution in [3.8, 4) is 0 Å². The van der Waals surface area contributed by atoms with Crippen molar-refractivity contribution in [1.82, 2.24) is 4.90 Å². The van der Waals surface area contributed by atoms with E-state index in [1.54, 1.807) is 0 Å². The molecule has 0 bridgehead atoms. The Balaban J connectivity index is 1.91. The van der Waals surface area contributed by atoms with Gasteiger partial charge in [-0.3, -0.25) is 0 Å². The predicted molar refractivity (Wildman–Crippen MR) is 44.4 cm³/mol. The fourth-order valence-electron chi connectivity index (χ4n) is 2.46. The van der Waals surface area contributed by atoms with Crippen molar-refractivity contribution in [1.29, 1.82) is 0 Å². The van der Waals surface area contributed by atoms with Crippen LogP contribution in [-0.4, -0.2) is 35.7 Å². The van der Waals surface area contributed by atoms with Crippen molar-refractivity contribution >= 4 is 0 Å². The van der Waals surface area contributed by atoms with Gasteiger partial charge in [0.15, 0.2) is 0 Å². The lowest BCUT2D eigenvalue weighted by Crippen LogP contribution is -2.40. The molecule has 2 nitrogen and oxygen atoms in total. The Kier molecular flexibility index (Phi) is 2.14. The third-order valence-electron chi connectivity index (χ3n) is 3.16. The summed E-state index contributed by atoms with van der Waals surface area (Å²) >= 11 is 0. The van der Waals surface area contributed by atoms with Gasteiger partial charge in [0.25, 0.3) is 0 Å². The number of aliphatic hydroxyl groups is 1. The van der Waals surface area contributed by atoms with Crippen LogP contribution in [0, 0.1) is 5.92 Å². The van der Waals surface area contributed by atoms with Crippen molar-refractivity contribution in [3.63, 3.8) is 0 Å². The summed E-state index contributed by atoms with van der Waals surface area (Å²) in [5.74, 6) is 0.573. The van der Waals surface area contributed by atoms with Crippen LogP contribution < -0.4 is 0 Å². The van der Waals surface area contributed by atoms with Gasteiger partial charge >= 0.3 is 0 Å². The van der Waals surface area contributed by atoms with Crippen LogP contribution in [0.4, 0.5) is 0 Å². The molecule has 0 saturated carbocycles. The van der Waals surface area contributed by atoms with Crippen LogP contribution in [0.1, 0.15) is 25.7 Å². The molecule has 2 rings (SSSR count). The van der Waals surface area contributed by atoms with Gasteiger partial charge in [-0.1, -0.05) is 0 Å². The molecule has 2 atom stereocenters. The molecular weight excluding hydrogens is 138 g/mol. The number of fused-ring (bicyclic) bond motifs is 1. The minimum atomic E-state index is 0.392. The van der Waals surface area contributed by atoms with Crippen LogP contribution in [0.15, 0.2) is 0 Å². The Labute approximate surface area is 68.2 Å². The topological polar surface area (TPSA) is 23.5 Å². The van der Waals surface area contributed by atoms with Gasteiger partial charge in [0.2, 0.25) is 0 Å². The summed E-state index contributed by atoms with van der Waals surface area (Å²) in [5, 5.41) is 8.98. The normalized spacial score (nSPS) is 39.0. The lowest BCUT2D eigenvalue weighted by Gasteiger charge is -2.34. The highest BCUT2D eigenvalue weighted by molar-refractivity contribution is 4.85. The third kappa shape index (κ3) is 1.42. The summed E-state index contributed by atoms with van der Waals surface area (Å²) in [4.78, 5) is 2.56. The lowest BCUT2D eigenvalue weighted by atomic mass is 9.94. The summed E-state index contributed by atoms with van der Waals surface area (Å²) in [6.07, 6.45) is 5.35. The molecule has 0 unspecified atom stereocenters. The number of aliphatic hydroxyl groups excluding tert-OH is 1. The Hall–Kier alpha value is -0.0800.